The van der Waals surface area contributed by atoms with Gasteiger partial charge in [0.1, 0.15) is 11.6 Å². The van der Waals surface area contributed by atoms with Crippen molar-refractivity contribution in [1.82, 2.24) is 5.32 Å². The molecule has 0 unspecified atom stereocenters. The zero-order valence-corrected chi connectivity index (χ0v) is 13.3. The number of rotatable bonds is 7. The maximum Gasteiger partial charge on any atom is 0.267 e. The molecule has 1 aromatic carbocycles. The maximum atomic E-state index is 12.2. The number of hydrogen-bond acceptors (Lipinski definition) is 4. The van der Waals surface area contributed by atoms with E-state index in [1.807, 2.05) is 31.2 Å². The Labute approximate surface area is 131 Å². The summed E-state index contributed by atoms with van der Waals surface area (Å²) in [6, 6.07) is 7.75. The van der Waals surface area contributed by atoms with Crippen LogP contribution in [0, 0.1) is 18.3 Å². The Morgan fingerprint density at radius 1 is 1.45 bits per heavy atom. The lowest BCUT2D eigenvalue weighted by molar-refractivity contribution is -0.112. The molecule has 0 aliphatic carbocycles. The molecule has 0 radical (unpaired) electrons. The van der Waals surface area contributed by atoms with Crippen LogP contribution in [0.4, 0.5) is 5.69 Å². The molecule has 1 aromatic rings. The number of hydrogen-bond donors (Lipinski definition) is 3. The molecule has 0 atom stereocenters. The highest BCUT2D eigenvalue weighted by atomic mass is 16.3. The highest BCUT2D eigenvalue weighted by molar-refractivity contribution is 6.07. The van der Waals surface area contributed by atoms with Gasteiger partial charge in [0.15, 0.2) is 0 Å². The molecule has 1 amide bonds. The molecular formula is C17H23N3O2. The molecular weight excluding hydrogens is 278 g/mol. The molecule has 1 rings (SSSR count). The molecule has 0 aliphatic heterocycles. The molecule has 5 heteroatoms. The first-order valence-corrected chi connectivity index (χ1v) is 7.36. The Kier molecular flexibility index (Phi) is 7.14. The molecule has 0 aromatic heterocycles. The lowest BCUT2D eigenvalue weighted by Gasteiger charge is -2.16. The summed E-state index contributed by atoms with van der Waals surface area (Å²) in [6.07, 6.45) is 1.95. The van der Waals surface area contributed by atoms with E-state index >= 15 is 0 Å². The number of nitrogens with one attached hydrogen (secondary N) is 2. The summed E-state index contributed by atoms with van der Waals surface area (Å²) in [6.45, 7) is 6.62. The average molecular weight is 301 g/mol. The Hall–Kier alpha value is -2.32. The lowest BCUT2D eigenvalue weighted by atomic mass is 9.98. The molecule has 3 N–H and O–H groups in total. The number of benzene rings is 1. The summed E-state index contributed by atoms with van der Waals surface area (Å²) in [5.74, 6) is -0.164. The zero-order chi connectivity index (χ0) is 16.5. The van der Waals surface area contributed by atoms with Crippen molar-refractivity contribution < 1.29 is 9.90 Å². The van der Waals surface area contributed by atoms with Crippen LogP contribution in [-0.2, 0) is 4.79 Å². The van der Waals surface area contributed by atoms with E-state index in [4.69, 9.17) is 10.4 Å². The van der Waals surface area contributed by atoms with Gasteiger partial charge in [0.25, 0.3) is 5.91 Å². The summed E-state index contributed by atoms with van der Waals surface area (Å²) in [5, 5.41) is 23.5. The summed E-state index contributed by atoms with van der Waals surface area (Å²) < 4.78 is 0. The first kappa shape index (κ1) is 17.7. The van der Waals surface area contributed by atoms with Gasteiger partial charge < -0.3 is 15.7 Å². The second-order valence-electron chi connectivity index (χ2n) is 5.35. The van der Waals surface area contributed by atoms with Crippen molar-refractivity contribution in [2.45, 2.75) is 33.1 Å². The van der Waals surface area contributed by atoms with Gasteiger partial charge in [-0.25, -0.2) is 0 Å². The van der Waals surface area contributed by atoms with Crippen molar-refractivity contribution in [3.8, 4) is 6.07 Å². The number of para-hydroxylation sites is 1. The fourth-order valence-electron chi connectivity index (χ4n) is 2.03. The van der Waals surface area contributed by atoms with E-state index in [2.05, 4.69) is 24.5 Å². The minimum atomic E-state index is -0.435. The largest absolute Gasteiger partial charge is 0.396 e. The van der Waals surface area contributed by atoms with E-state index in [1.54, 1.807) is 0 Å². The van der Waals surface area contributed by atoms with Crippen molar-refractivity contribution in [3.05, 3.63) is 41.1 Å². The van der Waals surface area contributed by atoms with E-state index in [0.29, 0.717) is 13.0 Å². The second kappa shape index (κ2) is 8.85. The quantitative estimate of drug-likeness (QED) is 0.410. The molecule has 0 saturated heterocycles. The molecule has 0 fully saturated rings. The van der Waals surface area contributed by atoms with Crippen molar-refractivity contribution in [2.24, 2.45) is 0 Å². The van der Waals surface area contributed by atoms with E-state index in [0.717, 1.165) is 16.8 Å². The standard InChI is InChI=1S/C17H23N3O2/c1-12(2)15-7-4-6-13(3)16(15)20-17(22)14(10-18)11-19-8-5-9-21/h4,6-7,11-12,19,21H,5,8-9H2,1-3H3,(H,20,22)/b14-11-. The highest BCUT2D eigenvalue weighted by Gasteiger charge is 2.14. The molecule has 0 saturated carbocycles. The topological polar surface area (TPSA) is 85.2 Å². The zero-order valence-electron chi connectivity index (χ0n) is 13.3. The van der Waals surface area contributed by atoms with Crippen LogP contribution in [0.15, 0.2) is 30.0 Å². The normalized spacial score (nSPS) is 11.2. The number of nitriles is 1. The van der Waals surface area contributed by atoms with Gasteiger partial charge in [0.05, 0.1) is 0 Å². The van der Waals surface area contributed by atoms with Gasteiger partial charge in [-0.05, 0) is 30.4 Å². The fraction of sp³-hybridized carbons (Fsp3) is 0.412. The molecule has 0 aliphatic rings. The summed E-state index contributed by atoms with van der Waals surface area (Å²) in [7, 11) is 0. The predicted octanol–water partition coefficient (Wildman–Crippen LogP) is 2.44. The maximum absolute atomic E-state index is 12.2. The van der Waals surface area contributed by atoms with Crippen LogP contribution in [0.25, 0.3) is 0 Å². The number of amides is 1. The van der Waals surface area contributed by atoms with Gasteiger partial charge in [-0.2, -0.15) is 5.26 Å². The van der Waals surface area contributed by atoms with Gasteiger partial charge in [-0.1, -0.05) is 32.0 Å². The van der Waals surface area contributed by atoms with Gasteiger partial charge >= 0.3 is 0 Å². The Bertz CT molecular complexity index is 586. The van der Waals surface area contributed by atoms with Crippen LogP contribution in [-0.4, -0.2) is 24.2 Å². The van der Waals surface area contributed by atoms with Crippen LogP contribution < -0.4 is 10.6 Å². The van der Waals surface area contributed by atoms with Crippen molar-refractivity contribution in [1.29, 1.82) is 5.26 Å². The Balaban J connectivity index is 2.90. The van der Waals surface area contributed by atoms with Gasteiger partial charge in [-0.15, -0.1) is 0 Å². The number of carbonyl (C=O) groups excluding carboxylic acids is 1. The number of carbonyl (C=O) groups is 1. The highest BCUT2D eigenvalue weighted by Crippen LogP contribution is 2.27. The molecule has 22 heavy (non-hydrogen) atoms. The molecule has 0 heterocycles. The third-order valence-electron chi connectivity index (χ3n) is 3.26. The smallest absolute Gasteiger partial charge is 0.267 e. The van der Waals surface area contributed by atoms with Crippen LogP contribution in [0.5, 0.6) is 0 Å². The van der Waals surface area contributed by atoms with Crippen molar-refractivity contribution in [2.75, 3.05) is 18.5 Å². The average Bonchev–Trinajstić information content (AvgIpc) is 2.49. The summed E-state index contributed by atoms with van der Waals surface area (Å²) in [5.41, 5.74) is 2.78. The van der Waals surface area contributed by atoms with Crippen LogP contribution >= 0.6 is 0 Å². The SMILES string of the molecule is Cc1cccc(C(C)C)c1NC(=O)/C(C#N)=C\NCCCO. The van der Waals surface area contributed by atoms with Crippen LogP contribution in [0.3, 0.4) is 0 Å². The van der Waals surface area contributed by atoms with E-state index in [9.17, 15) is 4.79 Å². The van der Waals surface area contributed by atoms with Crippen LogP contribution in [0.1, 0.15) is 37.3 Å². The van der Waals surface area contributed by atoms with Crippen LogP contribution in [0.2, 0.25) is 0 Å². The summed E-state index contributed by atoms with van der Waals surface area (Å²) in [4.78, 5) is 12.2. The number of anilines is 1. The van der Waals surface area contributed by atoms with Gasteiger partial charge in [-0.3, -0.25) is 4.79 Å². The number of aliphatic hydroxyl groups excluding tert-OH is 1. The molecule has 5 nitrogen and oxygen atoms in total. The van der Waals surface area contributed by atoms with Gasteiger partial charge in [0, 0.05) is 25.0 Å². The first-order valence-electron chi connectivity index (χ1n) is 7.36. The third kappa shape index (κ3) is 4.90. The third-order valence-corrected chi connectivity index (χ3v) is 3.26. The molecule has 0 spiro atoms. The van der Waals surface area contributed by atoms with E-state index in [1.165, 1.54) is 6.20 Å². The summed E-state index contributed by atoms with van der Waals surface area (Å²) >= 11 is 0. The second-order valence-corrected chi connectivity index (χ2v) is 5.35. The van der Waals surface area contributed by atoms with E-state index in [-0.39, 0.29) is 18.1 Å². The molecule has 118 valence electrons. The lowest BCUT2D eigenvalue weighted by Crippen LogP contribution is -2.19. The van der Waals surface area contributed by atoms with E-state index < -0.39 is 5.91 Å². The van der Waals surface area contributed by atoms with Crippen molar-refractivity contribution >= 4 is 11.6 Å². The minimum absolute atomic E-state index is 0.0101. The number of aliphatic hydroxyl groups is 1. The van der Waals surface area contributed by atoms with Gasteiger partial charge in [0.2, 0.25) is 0 Å². The number of aryl methyl sites for hydroxylation is 1. The fourth-order valence-corrected chi connectivity index (χ4v) is 2.03. The Morgan fingerprint density at radius 2 is 2.18 bits per heavy atom. The Morgan fingerprint density at radius 3 is 2.77 bits per heavy atom. The monoisotopic (exact) mass is 301 g/mol. The van der Waals surface area contributed by atoms with Crippen molar-refractivity contribution in [3.63, 3.8) is 0 Å². The number of nitrogens with zero attached hydrogens (tertiary/aromatic N) is 1. The minimum Gasteiger partial charge on any atom is -0.396 e. The first-order chi connectivity index (χ1) is 10.5. The predicted molar refractivity (Wildman–Crippen MR) is 87.3 cm³/mol. The molecule has 0 bridgehead atoms.